The van der Waals surface area contributed by atoms with Crippen LogP contribution in [0.25, 0.3) is 0 Å². The highest BCUT2D eigenvalue weighted by Crippen LogP contribution is 2.37. The van der Waals surface area contributed by atoms with E-state index in [0.29, 0.717) is 35.0 Å². The summed E-state index contributed by atoms with van der Waals surface area (Å²) < 4.78 is 23.1. The van der Waals surface area contributed by atoms with Gasteiger partial charge in [-0.05, 0) is 44.4 Å². The van der Waals surface area contributed by atoms with E-state index in [-0.39, 0.29) is 37.7 Å². The molecule has 0 aliphatic carbocycles. The van der Waals surface area contributed by atoms with Gasteiger partial charge in [0.25, 0.3) is 0 Å². The third-order valence-electron chi connectivity index (χ3n) is 6.16. The number of benzene rings is 1. The zero-order chi connectivity index (χ0) is 26.2. The van der Waals surface area contributed by atoms with Crippen LogP contribution in [0.3, 0.4) is 0 Å². The number of hydrogen-bond acceptors (Lipinski definition) is 8. The van der Waals surface area contributed by atoms with Gasteiger partial charge in [0.05, 0.1) is 17.7 Å². The zero-order valence-electron chi connectivity index (χ0n) is 21.6. The molecule has 2 aliphatic heterocycles. The molecular formula is C26H33N3O7. The minimum atomic E-state index is -0.766. The van der Waals surface area contributed by atoms with Crippen molar-refractivity contribution >= 4 is 18.1 Å². The third kappa shape index (κ3) is 5.17. The summed E-state index contributed by atoms with van der Waals surface area (Å²) in [6, 6.07) is 4.92. The first-order valence-corrected chi connectivity index (χ1v) is 12.2. The summed E-state index contributed by atoms with van der Waals surface area (Å²) in [7, 11) is 0. The van der Waals surface area contributed by atoms with Crippen LogP contribution in [0.2, 0.25) is 0 Å². The first-order chi connectivity index (χ1) is 17.0. The van der Waals surface area contributed by atoms with Crippen molar-refractivity contribution in [3.63, 3.8) is 0 Å². The van der Waals surface area contributed by atoms with Gasteiger partial charge in [-0.3, -0.25) is 4.79 Å². The number of carbonyl (C=O) groups is 3. The summed E-state index contributed by atoms with van der Waals surface area (Å²) >= 11 is 0. The molecule has 0 spiro atoms. The van der Waals surface area contributed by atoms with Crippen molar-refractivity contribution in [2.24, 2.45) is 5.92 Å². The second-order valence-corrected chi connectivity index (χ2v) is 10.3. The lowest BCUT2D eigenvalue weighted by molar-refractivity contribution is -0.131. The minimum absolute atomic E-state index is 0.0240. The van der Waals surface area contributed by atoms with Crippen molar-refractivity contribution in [1.29, 1.82) is 0 Å². The Hall–Kier alpha value is -3.56. The molecule has 3 heterocycles. The van der Waals surface area contributed by atoms with Crippen LogP contribution in [0.1, 0.15) is 64.5 Å². The van der Waals surface area contributed by atoms with E-state index in [1.54, 1.807) is 45.2 Å². The molecule has 0 saturated carbocycles. The van der Waals surface area contributed by atoms with Crippen LogP contribution in [0.5, 0.6) is 11.5 Å². The van der Waals surface area contributed by atoms with Crippen LogP contribution in [0, 0.1) is 5.92 Å². The fourth-order valence-electron chi connectivity index (χ4n) is 4.32. The summed E-state index contributed by atoms with van der Waals surface area (Å²) in [4.78, 5) is 45.1. The number of cyclic esters (lactones) is 1. The number of imide groups is 1. The lowest BCUT2D eigenvalue weighted by Gasteiger charge is -2.27. The first-order valence-electron chi connectivity index (χ1n) is 12.2. The molecule has 10 heteroatoms. The molecule has 1 saturated heterocycles. The second kappa shape index (κ2) is 9.83. The Morgan fingerprint density at radius 3 is 2.56 bits per heavy atom. The predicted molar refractivity (Wildman–Crippen MR) is 129 cm³/mol. The molecular weight excluding hydrogens is 466 g/mol. The largest absolute Gasteiger partial charge is 0.454 e. The molecule has 2 atom stereocenters. The molecule has 1 fully saturated rings. The molecule has 0 bridgehead atoms. The SMILES string of the molecule is CCc1nc(CC(C(=O)N2C(=O)OC[C@@H]2C(C)C)c2ccc3c(c2)OCO3)cn1C(=O)OC(C)(C)C. The standard InChI is InChI=1S/C26H33N3O7/c1-7-22-27-17(12-28(22)24(31)36-26(4,5)6)11-18(16-8-9-20-21(10-16)35-14-34-20)23(30)29-19(15(2)3)13-33-25(29)32/h8-10,12,15,18-19H,7,11,13-14H2,1-6H3/t18?,19-/m1/s1. The maximum Gasteiger partial charge on any atom is 0.419 e. The van der Waals surface area contributed by atoms with Crippen molar-refractivity contribution in [3.05, 3.63) is 41.5 Å². The van der Waals surface area contributed by atoms with E-state index < -0.39 is 23.7 Å². The molecule has 10 nitrogen and oxygen atoms in total. The lowest BCUT2D eigenvalue weighted by atomic mass is 9.91. The molecule has 1 aromatic heterocycles. The maximum atomic E-state index is 13.9. The summed E-state index contributed by atoms with van der Waals surface area (Å²) in [5, 5.41) is 0. The number of amides is 2. The van der Waals surface area contributed by atoms with Gasteiger partial charge in [0.1, 0.15) is 18.0 Å². The number of nitrogens with zero attached hydrogens (tertiary/aromatic N) is 3. The molecule has 0 radical (unpaired) electrons. The van der Waals surface area contributed by atoms with Crippen LogP contribution < -0.4 is 9.47 Å². The van der Waals surface area contributed by atoms with Gasteiger partial charge in [-0.1, -0.05) is 26.8 Å². The number of aryl methyl sites for hydroxylation is 1. The van der Waals surface area contributed by atoms with Gasteiger partial charge < -0.3 is 18.9 Å². The highest BCUT2D eigenvalue weighted by Gasteiger charge is 2.43. The summed E-state index contributed by atoms with van der Waals surface area (Å²) in [5.74, 6) is 0.516. The van der Waals surface area contributed by atoms with Crippen LogP contribution in [-0.2, 0) is 27.1 Å². The minimum Gasteiger partial charge on any atom is -0.454 e. The van der Waals surface area contributed by atoms with Crippen molar-refractivity contribution in [2.75, 3.05) is 13.4 Å². The fraction of sp³-hybridized carbons (Fsp3) is 0.538. The van der Waals surface area contributed by atoms with E-state index in [4.69, 9.17) is 18.9 Å². The van der Waals surface area contributed by atoms with Crippen molar-refractivity contribution in [2.45, 2.75) is 71.9 Å². The van der Waals surface area contributed by atoms with Crippen LogP contribution in [0.15, 0.2) is 24.4 Å². The number of hydrogen-bond donors (Lipinski definition) is 0. The van der Waals surface area contributed by atoms with Crippen molar-refractivity contribution in [1.82, 2.24) is 14.5 Å². The Labute approximate surface area is 210 Å². The average molecular weight is 500 g/mol. The lowest BCUT2D eigenvalue weighted by Crippen LogP contribution is -2.44. The van der Waals surface area contributed by atoms with Gasteiger partial charge in [0.2, 0.25) is 12.7 Å². The Balaban J connectivity index is 1.70. The van der Waals surface area contributed by atoms with E-state index in [1.807, 2.05) is 20.8 Å². The molecule has 4 rings (SSSR count). The van der Waals surface area contributed by atoms with E-state index in [0.717, 1.165) is 0 Å². The second-order valence-electron chi connectivity index (χ2n) is 10.3. The number of fused-ring (bicyclic) bond motifs is 1. The normalized spacial score (nSPS) is 17.9. The Morgan fingerprint density at radius 2 is 1.89 bits per heavy atom. The maximum absolute atomic E-state index is 13.9. The number of imidazole rings is 1. The predicted octanol–water partition coefficient (Wildman–Crippen LogP) is 4.29. The molecule has 2 aromatic rings. The molecule has 2 amide bonds. The molecule has 0 N–H and O–H groups in total. The smallest absolute Gasteiger partial charge is 0.419 e. The number of carbonyl (C=O) groups excluding carboxylic acids is 3. The van der Waals surface area contributed by atoms with E-state index in [1.165, 1.54) is 9.47 Å². The van der Waals surface area contributed by atoms with E-state index >= 15 is 0 Å². The number of rotatable bonds is 6. The van der Waals surface area contributed by atoms with Gasteiger partial charge in [-0.25, -0.2) is 24.0 Å². The Kier molecular flexibility index (Phi) is 6.97. The van der Waals surface area contributed by atoms with Gasteiger partial charge in [-0.2, -0.15) is 0 Å². The molecule has 2 aliphatic rings. The highest BCUT2D eigenvalue weighted by molar-refractivity contribution is 5.97. The van der Waals surface area contributed by atoms with Crippen LogP contribution in [0.4, 0.5) is 9.59 Å². The quantitative estimate of drug-likeness (QED) is 0.579. The van der Waals surface area contributed by atoms with E-state index in [9.17, 15) is 14.4 Å². The Bertz CT molecular complexity index is 1160. The molecule has 36 heavy (non-hydrogen) atoms. The summed E-state index contributed by atoms with van der Waals surface area (Å²) in [5.41, 5.74) is 0.512. The monoisotopic (exact) mass is 499 g/mol. The molecule has 194 valence electrons. The van der Waals surface area contributed by atoms with Gasteiger partial charge in [-0.15, -0.1) is 0 Å². The molecule has 1 aromatic carbocycles. The fourth-order valence-corrected chi connectivity index (χ4v) is 4.32. The summed E-state index contributed by atoms with van der Waals surface area (Å²) in [6.07, 6.45) is 1.07. The average Bonchev–Trinajstić information content (AvgIpc) is 3.53. The summed E-state index contributed by atoms with van der Waals surface area (Å²) in [6.45, 7) is 11.4. The highest BCUT2D eigenvalue weighted by atomic mass is 16.7. The topological polar surface area (TPSA) is 109 Å². The van der Waals surface area contributed by atoms with Gasteiger partial charge in [0, 0.05) is 19.0 Å². The van der Waals surface area contributed by atoms with Crippen LogP contribution in [-0.4, -0.2) is 57.6 Å². The van der Waals surface area contributed by atoms with Crippen LogP contribution >= 0.6 is 0 Å². The number of ether oxygens (including phenoxy) is 4. The zero-order valence-corrected chi connectivity index (χ0v) is 21.6. The van der Waals surface area contributed by atoms with Crippen molar-refractivity contribution in [3.8, 4) is 11.5 Å². The van der Waals surface area contributed by atoms with Crippen molar-refractivity contribution < 1.29 is 33.3 Å². The van der Waals surface area contributed by atoms with Gasteiger partial charge >= 0.3 is 12.2 Å². The third-order valence-corrected chi connectivity index (χ3v) is 6.16. The van der Waals surface area contributed by atoms with Gasteiger partial charge in [0.15, 0.2) is 11.5 Å². The van der Waals surface area contributed by atoms with E-state index in [2.05, 4.69) is 4.98 Å². The molecule has 1 unspecified atom stereocenters. The Morgan fingerprint density at radius 1 is 1.17 bits per heavy atom. The first kappa shape index (κ1) is 25.5. The number of aromatic nitrogens is 2.